The van der Waals surface area contributed by atoms with E-state index >= 15 is 0 Å². The molecule has 0 saturated carbocycles. The summed E-state index contributed by atoms with van der Waals surface area (Å²) < 4.78 is 23.1. The highest BCUT2D eigenvalue weighted by Gasteiger charge is 2.19. The van der Waals surface area contributed by atoms with Crippen LogP contribution in [0.4, 0.5) is 11.4 Å². The van der Waals surface area contributed by atoms with Gasteiger partial charge in [0.25, 0.3) is 10.0 Å². The predicted octanol–water partition coefficient (Wildman–Crippen LogP) is 2.18. The first-order chi connectivity index (χ1) is 11.3. The van der Waals surface area contributed by atoms with Crippen molar-refractivity contribution in [2.24, 2.45) is 15.4 Å². The van der Waals surface area contributed by atoms with E-state index in [2.05, 4.69) is 20.3 Å². The van der Waals surface area contributed by atoms with E-state index in [0.717, 1.165) is 4.52 Å². The summed E-state index contributed by atoms with van der Waals surface area (Å²) >= 11 is 6.48. The number of fused-ring (bicyclic) bond motifs is 1. The number of azo groups is 1. The monoisotopic (exact) mass is 384 g/mol. The highest BCUT2D eigenvalue weighted by molar-refractivity contribution is 7.91. The average Bonchev–Trinajstić information content (AvgIpc) is 2.93. The zero-order valence-corrected chi connectivity index (χ0v) is 14.4. The maximum absolute atomic E-state index is 12.4. The smallest absolute Gasteiger partial charge is 0.265 e. The van der Waals surface area contributed by atoms with Crippen LogP contribution in [0.5, 0.6) is 0 Å². The fraction of sp³-hybridized carbons (Fsp3) is 0.0833. The summed E-state index contributed by atoms with van der Waals surface area (Å²) in [6.07, 6.45) is 0. The van der Waals surface area contributed by atoms with Crippen LogP contribution < -0.4 is 10.7 Å². The Labute approximate surface area is 144 Å². The molecule has 0 unspecified atom stereocenters. The van der Waals surface area contributed by atoms with Crippen molar-refractivity contribution < 1.29 is 8.42 Å². The SMILES string of the molecule is Cc1nc2sc(S(N)(=O)=O)nn2c(=O)c1N=Nc1ccc(Cl)cc1. The largest absolute Gasteiger partial charge is 0.303 e. The predicted molar refractivity (Wildman–Crippen MR) is 88.9 cm³/mol. The summed E-state index contributed by atoms with van der Waals surface area (Å²) in [5, 5.41) is 17.1. The molecule has 12 heteroatoms. The Morgan fingerprint density at radius 3 is 2.54 bits per heavy atom. The van der Waals surface area contributed by atoms with Gasteiger partial charge in [-0.1, -0.05) is 22.9 Å². The third kappa shape index (κ3) is 3.19. The van der Waals surface area contributed by atoms with Crippen molar-refractivity contribution in [2.75, 3.05) is 0 Å². The van der Waals surface area contributed by atoms with Crippen LogP contribution in [0.1, 0.15) is 5.69 Å². The number of rotatable bonds is 3. The number of aryl methyl sites for hydroxylation is 1. The molecule has 0 amide bonds. The maximum atomic E-state index is 12.4. The van der Waals surface area contributed by atoms with Crippen LogP contribution in [-0.2, 0) is 10.0 Å². The van der Waals surface area contributed by atoms with Gasteiger partial charge in [-0.2, -0.15) is 9.63 Å². The minimum Gasteiger partial charge on any atom is -0.265 e. The summed E-state index contributed by atoms with van der Waals surface area (Å²) in [4.78, 5) is 16.6. The molecule has 124 valence electrons. The molecule has 0 fully saturated rings. The molecule has 2 N–H and O–H groups in total. The van der Waals surface area contributed by atoms with Crippen molar-refractivity contribution >= 4 is 49.3 Å². The van der Waals surface area contributed by atoms with Crippen molar-refractivity contribution in [3.63, 3.8) is 0 Å². The van der Waals surface area contributed by atoms with E-state index in [9.17, 15) is 13.2 Å². The second-order valence-electron chi connectivity index (χ2n) is 4.63. The van der Waals surface area contributed by atoms with E-state index in [-0.39, 0.29) is 10.6 Å². The lowest BCUT2D eigenvalue weighted by molar-refractivity contribution is 0.594. The Balaban J connectivity index is 2.11. The molecular weight excluding hydrogens is 376 g/mol. The number of hydrogen-bond donors (Lipinski definition) is 1. The quantitative estimate of drug-likeness (QED) is 0.691. The van der Waals surface area contributed by atoms with Gasteiger partial charge in [0.15, 0.2) is 5.69 Å². The van der Waals surface area contributed by atoms with Crippen LogP contribution in [0, 0.1) is 6.92 Å². The van der Waals surface area contributed by atoms with Crippen LogP contribution in [-0.4, -0.2) is 23.0 Å². The Hall–Kier alpha value is -2.21. The molecule has 0 radical (unpaired) electrons. The molecule has 0 aliphatic carbocycles. The topological polar surface area (TPSA) is 132 Å². The molecule has 9 nitrogen and oxygen atoms in total. The highest BCUT2D eigenvalue weighted by atomic mass is 35.5. The lowest BCUT2D eigenvalue weighted by Gasteiger charge is -1.98. The average molecular weight is 385 g/mol. The summed E-state index contributed by atoms with van der Waals surface area (Å²) in [5.41, 5.74) is 0.101. The molecule has 3 rings (SSSR count). The molecule has 0 atom stereocenters. The second-order valence-corrected chi connectivity index (χ2v) is 7.76. The van der Waals surface area contributed by atoms with E-state index in [0.29, 0.717) is 27.7 Å². The number of aromatic nitrogens is 3. The molecule has 1 aromatic carbocycles. The Kier molecular flexibility index (Phi) is 4.17. The minimum atomic E-state index is -4.03. The molecule has 24 heavy (non-hydrogen) atoms. The van der Waals surface area contributed by atoms with Gasteiger partial charge in [-0.25, -0.2) is 18.5 Å². The van der Waals surface area contributed by atoms with Crippen LogP contribution in [0.25, 0.3) is 4.96 Å². The van der Waals surface area contributed by atoms with E-state index in [4.69, 9.17) is 16.7 Å². The number of halogens is 1. The van der Waals surface area contributed by atoms with Gasteiger partial charge in [0.05, 0.1) is 11.4 Å². The van der Waals surface area contributed by atoms with Crippen molar-refractivity contribution in [1.29, 1.82) is 0 Å². The molecular formula is C12H9ClN6O3S2. The number of hydrogen-bond acceptors (Lipinski definition) is 8. The standard InChI is InChI=1S/C12H9ClN6O3S2/c1-6-9(17-16-8-4-2-7(13)3-5-8)10(20)19-11(15-6)23-12(18-19)24(14,21)22/h2-5H,1H3,(H2,14,21,22). The number of nitrogens with zero attached hydrogens (tertiary/aromatic N) is 5. The normalized spacial score (nSPS) is 12.3. The lowest BCUT2D eigenvalue weighted by atomic mass is 10.3. The summed E-state index contributed by atoms with van der Waals surface area (Å²) in [6.45, 7) is 1.56. The Bertz CT molecular complexity index is 1120. The van der Waals surface area contributed by atoms with Crippen molar-refractivity contribution in [3.05, 3.63) is 45.3 Å². The van der Waals surface area contributed by atoms with Gasteiger partial charge in [-0.05, 0) is 31.2 Å². The van der Waals surface area contributed by atoms with E-state index in [1.165, 1.54) is 0 Å². The summed E-state index contributed by atoms with van der Waals surface area (Å²) in [5.74, 6) is 0. The number of nitrogens with two attached hydrogens (primary N) is 1. The fourth-order valence-corrected chi connectivity index (χ4v) is 3.45. The maximum Gasteiger partial charge on any atom is 0.303 e. The van der Waals surface area contributed by atoms with Crippen LogP contribution in [0.15, 0.2) is 43.6 Å². The van der Waals surface area contributed by atoms with E-state index in [1.54, 1.807) is 31.2 Å². The van der Waals surface area contributed by atoms with Crippen LogP contribution in [0.3, 0.4) is 0 Å². The third-order valence-corrected chi connectivity index (χ3v) is 5.35. The first kappa shape index (κ1) is 16.6. The van der Waals surface area contributed by atoms with E-state index < -0.39 is 19.9 Å². The van der Waals surface area contributed by atoms with Gasteiger partial charge in [-0.3, -0.25) is 4.79 Å². The van der Waals surface area contributed by atoms with Crippen molar-refractivity contribution in [2.45, 2.75) is 11.3 Å². The first-order valence-corrected chi connectivity index (χ1v) is 9.10. The van der Waals surface area contributed by atoms with Gasteiger partial charge < -0.3 is 0 Å². The summed E-state index contributed by atoms with van der Waals surface area (Å²) in [6, 6.07) is 6.53. The molecule has 2 heterocycles. The number of sulfonamides is 1. The van der Waals surface area contributed by atoms with Gasteiger partial charge in [-0.15, -0.1) is 10.2 Å². The second kappa shape index (κ2) is 6.02. The minimum absolute atomic E-state index is 0.0475. The molecule has 0 aliphatic rings. The van der Waals surface area contributed by atoms with Crippen LogP contribution in [0.2, 0.25) is 5.02 Å². The summed E-state index contributed by atoms with van der Waals surface area (Å²) in [7, 11) is -4.03. The zero-order valence-electron chi connectivity index (χ0n) is 12.0. The lowest BCUT2D eigenvalue weighted by Crippen LogP contribution is -2.17. The zero-order chi connectivity index (χ0) is 17.5. The van der Waals surface area contributed by atoms with Gasteiger partial charge >= 0.3 is 5.56 Å². The Morgan fingerprint density at radius 1 is 1.25 bits per heavy atom. The molecule has 3 aromatic rings. The van der Waals surface area contributed by atoms with Gasteiger partial charge in [0.2, 0.25) is 9.30 Å². The molecule has 0 bridgehead atoms. The third-order valence-electron chi connectivity index (χ3n) is 2.88. The molecule has 0 saturated heterocycles. The van der Waals surface area contributed by atoms with E-state index in [1.807, 2.05) is 0 Å². The number of primary sulfonamides is 1. The van der Waals surface area contributed by atoms with Crippen LogP contribution >= 0.6 is 22.9 Å². The molecule has 0 aliphatic heterocycles. The first-order valence-electron chi connectivity index (χ1n) is 6.36. The van der Waals surface area contributed by atoms with Crippen molar-refractivity contribution in [1.82, 2.24) is 14.6 Å². The molecule has 2 aromatic heterocycles. The number of benzene rings is 1. The van der Waals surface area contributed by atoms with Gasteiger partial charge in [0, 0.05) is 5.02 Å². The fourth-order valence-electron chi connectivity index (χ4n) is 1.77. The molecule has 0 spiro atoms. The van der Waals surface area contributed by atoms with Gasteiger partial charge in [0.1, 0.15) is 0 Å². The van der Waals surface area contributed by atoms with Crippen molar-refractivity contribution in [3.8, 4) is 0 Å². The Morgan fingerprint density at radius 2 is 1.92 bits per heavy atom. The highest BCUT2D eigenvalue weighted by Crippen LogP contribution is 2.22.